The second-order valence-corrected chi connectivity index (χ2v) is 13.4. The number of hydrogen-bond acceptors (Lipinski definition) is 5. The first-order valence-corrected chi connectivity index (χ1v) is 16.8. The molecule has 0 saturated carbocycles. The fourth-order valence-corrected chi connectivity index (χ4v) is 5.72. The van der Waals surface area contributed by atoms with Crippen LogP contribution in [0.4, 0.5) is 22.7 Å². The Bertz CT molecular complexity index is 1630. The maximum Gasteiger partial charge on any atom is 0.137 e. The summed E-state index contributed by atoms with van der Waals surface area (Å²) in [5.74, 6) is 0.734. The van der Waals surface area contributed by atoms with Crippen LogP contribution >= 0.6 is 11.6 Å². The van der Waals surface area contributed by atoms with Crippen LogP contribution in [0, 0.1) is 0 Å². The molecule has 5 aromatic rings. The summed E-state index contributed by atoms with van der Waals surface area (Å²) in [5.41, 5.74) is 11.2. The third kappa shape index (κ3) is 9.07. The smallest absolute Gasteiger partial charge is 0.137 e. The highest BCUT2D eigenvalue weighted by Crippen LogP contribution is 2.32. The zero-order chi connectivity index (χ0) is 35.1. The van der Waals surface area contributed by atoms with Crippen LogP contribution in [0.5, 0.6) is 5.75 Å². The normalized spacial score (nSPS) is 10.7. The minimum atomic E-state index is -0.435. The molecule has 252 valence electrons. The van der Waals surface area contributed by atoms with Crippen molar-refractivity contribution in [3.05, 3.63) is 161 Å². The van der Waals surface area contributed by atoms with E-state index in [9.17, 15) is 0 Å². The number of hydrogen-bond donors (Lipinski definition) is 0. The molecule has 0 bridgehead atoms. The van der Waals surface area contributed by atoms with Gasteiger partial charge < -0.3 is 24.3 Å². The van der Waals surface area contributed by atoms with Gasteiger partial charge in [0.15, 0.2) is 0 Å². The highest BCUT2D eigenvalue weighted by atomic mass is 35.5. The van der Waals surface area contributed by atoms with E-state index in [0.717, 1.165) is 61.9 Å². The van der Waals surface area contributed by atoms with Crippen molar-refractivity contribution >= 4 is 45.5 Å². The molecule has 0 heterocycles. The van der Waals surface area contributed by atoms with Gasteiger partial charge in [-0.25, -0.2) is 0 Å². The molecule has 0 aliphatic carbocycles. The summed E-state index contributed by atoms with van der Waals surface area (Å²) in [6, 6.07) is 42.3. The quantitative estimate of drug-likeness (QED) is 0.131. The third-order valence-electron chi connectivity index (χ3n) is 8.53. The molecule has 0 fully saturated rings. The molecule has 5 rings (SSSR count). The predicted octanol–water partition coefficient (Wildman–Crippen LogP) is 9.62. The van der Waals surface area contributed by atoms with Gasteiger partial charge in [0, 0.05) is 84.2 Å². The second kappa shape index (κ2) is 15.8. The van der Waals surface area contributed by atoms with E-state index in [1.165, 1.54) is 0 Å². The van der Waals surface area contributed by atoms with Gasteiger partial charge in [-0.05, 0) is 118 Å². The molecule has 0 spiro atoms. The van der Waals surface area contributed by atoms with E-state index in [2.05, 4.69) is 185 Å². The molecule has 0 N–H and O–H groups in total. The number of benzene rings is 5. The lowest BCUT2D eigenvalue weighted by Gasteiger charge is -2.20. The topological polar surface area (TPSA) is 22.2 Å². The summed E-state index contributed by atoms with van der Waals surface area (Å²) in [6.45, 7) is 0. The van der Waals surface area contributed by atoms with Crippen LogP contribution < -0.4 is 24.3 Å². The average molecular weight is 671 g/mol. The van der Waals surface area contributed by atoms with Crippen molar-refractivity contribution in [2.45, 2.75) is 6.10 Å². The van der Waals surface area contributed by atoms with Gasteiger partial charge in [-0.15, -0.1) is 0 Å². The van der Waals surface area contributed by atoms with Gasteiger partial charge in [-0.3, -0.25) is 0 Å². The fourth-order valence-electron chi connectivity index (χ4n) is 5.59. The summed E-state index contributed by atoms with van der Waals surface area (Å²) in [4.78, 5) is 8.46. The van der Waals surface area contributed by atoms with Crippen molar-refractivity contribution in [1.29, 1.82) is 0 Å². The lowest BCUT2D eigenvalue weighted by atomic mass is 9.93. The molecule has 0 radical (unpaired) electrons. The van der Waals surface area contributed by atoms with E-state index in [4.69, 9.17) is 16.3 Å². The molecule has 5 aromatic carbocycles. The van der Waals surface area contributed by atoms with Crippen molar-refractivity contribution in [1.82, 2.24) is 0 Å². The Morgan fingerprint density at radius 3 is 0.939 bits per heavy atom. The maximum absolute atomic E-state index is 6.82. The monoisotopic (exact) mass is 670 g/mol. The van der Waals surface area contributed by atoms with Crippen LogP contribution in [-0.4, -0.2) is 62.5 Å². The molecule has 0 amide bonds. The summed E-state index contributed by atoms with van der Waals surface area (Å²) < 4.78 is 6.82. The van der Waals surface area contributed by atoms with E-state index >= 15 is 0 Å². The van der Waals surface area contributed by atoms with Crippen LogP contribution in [0.3, 0.4) is 0 Å². The summed E-state index contributed by atoms with van der Waals surface area (Å²) in [6.07, 6.45) is 4.02. The number of ether oxygens (including phenoxy) is 1. The Morgan fingerprint density at radius 1 is 0.429 bits per heavy atom. The zero-order valence-electron chi connectivity index (χ0n) is 29.9. The van der Waals surface area contributed by atoms with E-state index < -0.39 is 6.10 Å². The van der Waals surface area contributed by atoms with Crippen molar-refractivity contribution in [3.8, 4) is 5.75 Å². The average Bonchev–Trinajstić information content (AvgIpc) is 3.10. The first-order chi connectivity index (χ1) is 23.5. The van der Waals surface area contributed by atoms with Gasteiger partial charge in [-0.2, -0.15) is 0 Å². The van der Waals surface area contributed by atoms with Crippen LogP contribution in [0.25, 0.3) is 11.1 Å². The van der Waals surface area contributed by atoms with E-state index in [0.29, 0.717) is 5.02 Å². The van der Waals surface area contributed by atoms with Crippen molar-refractivity contribution in [3.63, 3.8) is 0 Å². The minimum absolute atomic E-state index is 0.435. The van der Waals surface area contributed by atoms with Gasteiger partial charge >= 0.3 is 0 Å². The molecule has 0 aliphatic heterocycles. The van der Waals surface area contributed by atoms with Gasteiger partial charge in [0.1, 0.15) is 11.9 Å². The Morgan fingerprint density at radius 2 is 0.694 bits per heavy atom. The third-order valence-corrected chi connectivity index (χ3v) is 8.78. The predicted molar refractivity (Wildman–Crippen MR) is 213 cm³/mol. The van der Waals surface area contributed by atoms with E-state index in [-0.39, 0.29) is 0 Å². The van der Waals surface area contributed by atoms with Gasteiger partial charge in [-0.1, -0.05) is 60.1 Å². The molecule has 0 unspecified atom stereocenters. The fraction of sp³-hybridized carbons (Fsp3) is 0.209. The minimum Gasteiger partial charge on any atom is -0.482 e. The van der Waals surface area contributed by atoms with Crippen molar-refractivity contribution < 1.29 is 4.74 Å². The summed E-state index contributed by atoms with van der Waals surface area (Å²) in [7, 11) is 16.5. The van der Waals surface area contributed by atoms with Gasteiger partial charge in [0.2, 0.25) is 0 Å². The number of nitrogens with zero attached hydrogens (tertiary/aromatic N) is 4. The molecule has 5 nitrogen and oxygen atoms in total. The Balaban J connectivity index is 1.72. The largest absolute Gasteiger partial charge is 0.482 e. The molecule has 49 heavy (non-hydrogen) atoms. The van der Waals surface area contributed by atoms with Crippen molar-refractivity contribution in [2.75, 3.05) is 76.0 Å². The molecule has 0 aliphatic rings. The lowest BCUT2D eigenvalue weighted by Crippen LogP contribution is -2.14. The Hall–Kier alpha value is -5.13. The molecule has 0 saturated heterocycles. The van der Waals surface area contributed by atoms with Crippen molar-refractivity contribution in [2.24, 2.45) is 0 Å². The first-order valence-electron chi connectivity index (χ1n) is 16.5. The zero-order valence-corrected chi connectivity index (χ0v) is 30.6. The number of rotatable bonds is 12. The van der Waals surface area contributed by atoms with Crippen LogP contribution in [0.2, 0.25) is 5.02 Å². The molecule has 6 heteroatoms. The SMILES string of the molecule is CN(C)c1ccc(C(=CC(C=C(c2ccc(N(C)C)cc2)c2ccc(N(C)C)cc2)Oc2ccc(Cl)cc2)c2ccc(N(C)C)cc2)cc1. The van der Waals surface area contributed by atoms with Gasteiger partial charge in [0.05, 0.1) is 0 Å². The van der Waals surface area contributed by atoms with Crippen LogP contribution in [-0.2, 0) is 0 Å². The summed E-state index contributed by atoms with van der Waals surface area (Å²) in [5, 5.41) is 0.667. The Labute approximate surface area is 297 Å². The number of halogens is 1. The van der Waals surface area contributed by atoms with Crippen LogP contribution in [0.15, 0.2) is 133 Å². The lowest BCUT2D eigenvalue weighted by molar-refractivity contribution is 0.297. The van der Waals surface area contributed by atoms with Crippen LogP contribution in [0.1, 0.15) is 22.3 Å². The van der Waals surface area contributed by atoms with E-state index in [1.807, 2.05) is 24.3 Å². The second-order valence-electron chi connectivity index (χ2n) is 13.0. The summed E-state index contributed by atoms with van der Waals surface area (Å²) >= 11 is 6.28. The maximum atomic E-state index is 6.82. The highest BCUT2D eigenvalue weighted by Gasteiger charge is 2.16. The highest BCUT2D eigenvalue weighted by molar-refractivity contribution is 6.30. The standard InChI is InChI=1S/C43H47ClN4O/c1-45(2)36-19-9-31(10-20-36)42(32-11-21-37(22-12-32)46(3)4)29-41(49-40-27-17-35(44)18-28-40)30-43(33-13-23-38(24-14-33)47(5)6)34-15-25-39(26-16-34)48(7)8/h9-30,41H,1-8H3. The number of anilines is 4. The Kier molecular flexibility index (Phi) is 11.4. The molecular weight excluding hydrogens is 624 g/mol. The molecule has 0 aromatic heterocycles. The molecular formula is C43H47ClN4O. The molecule has 0 atom stereocenters. The first kappa shape index (κ1) is 35.2. The van der Waals surface area contributed by atoms with E-state index in [1.54, 1.807) is 0 Å². The van der Waals surface area contributed by atoms with Gasteiger partial charge in [0.25, 0.3) is 0 Å².